The van der Waals surface area contributed by atoms with Gasteiger partial charge in [-0.25, -0.2) is 0 Å². The molecule has 0 aliphatic rings. The maximum atomic E-state index is 2.41. The van der Waals surface area contributed by atoms with Crippen molar-refractivity contribution in [2.24, 2.45) is 0 Å². The molecule has 51 heavy (non-hydrogen) atoms. The average Bonchev–Trinajstić information content (AvgIpc) is 3.54. The maximum Gasteiger partial charge on any atom is 0.0547 e. The van der Waals surface area contributed by atoms with Crippen LogP contribution in [0.15, 0.2) is 200 Å². The number of nitrogens with zero attached hydrogens (tertiary/aromatic N) is 1. The summed E-state index contributed by atoms with van der Waals surface area (Å²) < 4.78 is 2.41. The second kappa shape index (κ2) is 12.0. The molecule has 0 aliphatic heterocycles. The predicted molar refractivity (Wildman–Crippen MR) is 218 cm³/mol. The van der Waals surface area contributed by atoms with Crippen molar-refractivity contribution in [3.05, 3.63) is 200 Å². The smallest absolute Gasteiger partial charge is 0.0547 e. The SMILES string of the molecule is c1ccc(-c2cc(-c3ccccc3)cc(-c3c4ccccc4c(-c4ccc5c6ccccc6n(-c6ccccc6)c5c4)c4ccccc34)c2)cc1. The Bertz CT molecular complexity index is 2770. The molecule has 0 saturated carbocycles. The van der Waals surface area contributed by atoms with E-state index in [-0.39, 0.29) is 0 Å². The highest BCUT2D eigenvalue weighted by molar-refractivity contribution is 6.22. The highest BCUT2D eigenvalue weighted by Gasteiger charge is 2.20. The molecule has 1 heteroatoms. The molecule has 0 saturated heterocycles. The van der Waals surface area contributed by atoms with Crippen LogP contribution >= 0.6 is 0 Å². The molecule has 9 aromatic carbocycles. The van der Waals surface area contributed by atoms with Gasteiger partial charge in [0.1, 0.15) is 0 Å². The highest BCUT2D eigenvalue weighted by atomic mass is 15.0. The van der Waals surface area contributed by atoms with E-state index in [1.165, 1.54) is 93.5 Å². The van der Waals surface area contributed by atoms with Gasteiger partial charge in [0.2, 0.25) is 0 Å². The molecule has 0 N–H and O–H groups in total. The van der Waals surface area contributed by atoms with Gasteiger partial charge < -0.3 is 4.57 Å². The van der Waals surface area contributed by atoms with Crippen molar-refractivity contribution in [2.45, 2.75) is 0 Å². The number of fused-ring (bicyclic) bond motifs is 5. The molecule has 10 aromatic rings. The van der Waals surface area contributed by atoms with Crippen LogP contribution in [-0.4, -0.2) is 4.57 Å². The molecular weight excluding hydrogens is 615 g/mol. The van der Waals surface area contributed by atoms with Crippen LogP contribution in [0.5, 0.6) is 0 Å². The Morgan fingerprint density at radius 1 is 0.235 bits per heavy atom. The van der Waals surface area contributed by atoms with E-state index in [0.29, 0.717) is 0 Å². The van der Waals surface area contributed by atoms with Crippen molar-refractivity contribution in [3.8, 4) is 50.2 Å². The molecule has 0 atom stereocenters. The predicted octanol–water partition coefficient (Wildman–Crippen LogP) is 13.8. The minimum atomic E-state index is 1.17. The van der Waals surface area contributed by atoms with Gasteiger partial charge in [0.05, 0.1) is 11.0 Å². The van der Waals surface area contributed by atoms with E-state index in [1.54, 1.807) is 0 Å². The first-order valence-electron chi connectivity index (χ1n) is 17.6. The molecule has 0 unspecified atom stereocenters. The Morgan fingerprint density at radius 3 is 1.20 bits per heavy atom. The number of hydrogen-bond donors (Lipinski definition) is 0. The van der Waals surface area contributed by atoms with Gasteiger partial charge in [-0.3, -0.25) is 0 Å². The third kappa shape index (κ3) is 4.86. The van der Waals surface area contributed by atoms with Crippen LogP contribution in [0.3, 0.4) is 0 Å². The molecule has 0 aliphatic carbocycles. The van der Waals surface area contributed by atoms with E-state index >= 15 is 0 Å². The minimum absolute atomic E-state index is 1.17. The third-order valence-electron chi connectivity index (χ3n) is 10.3. The molecular formula is C50H33N. The number of para-hydroxylation sites is 2. The molecule has 238 valence electrons. The van der Waals surface area contributed by atoms with Gasteiger partial charge in [-0.2, -0.15) is 0 Å². The summed E-state index contributed by atoms with van der Waals surface area (Å²) >= 11 is 0. The topological polar surface area (TPSA) is 4.93 Å². The Hall–Kier alpha value is -6.70. The van der Waals surface area contributed by atoms with Gasteiger partial charge in [0, 0.05) is 16.5 Å². The summed E-state index contributed by atoms with van der Waals surface area (Å²) in [5.41, 5.74) is 13.4. The van der Waals surface area contributed by atoms with Gasteiger partial charge in [-0.1, -0.05) is 158 Å². The van der Waals surface area contributed by atoms with Crippen molar-refractivity contribution >= 4 is 43.4 Å². The lowest BCUT2D eigenvalue weighted by Gasteiger charge is -2.19. The maximum absolute atomic E-state index is 2.41. The first-order valence-corrected chi connectivity index (χ1v) is 17.6. The molecule has 0 fully saturated rings. The van der Waals surface area contributed by atoms with Crippen molar-refractivity contribution in [1.82, 2.24) is 4.57 Å². The van der Waals surface area contributed by atoms with Gasteiger partial charge in [0.15, 0.2) is 0 Å². The Labute approximate surface area is 297 Å². The zero-order valence-electron chi connectivity index (χ0n) is 28.0. The third-order valence-corrected chi connectivity index (χ3v) is 10.3. The van der Waals surface area contributed by atoms with Crippen molar-refractivity contribution in [1.29, 1.82) is 0 Å². The largest absolute Gasteiger partial charge is 0.309 e. The van der Waals surface area contributed by atoms with Gasteiger partial charge in [-0.05, 0) is 109 Å². The Balaban J connectivity index is 1.27. The fourth-order valence-corrected chi connectivity index (χ4v) is 8.10. The van der Waals surface area contributed by atoms with Crippen LogP contribution in [0.25, 0.3) is 93.5 Å². The van der Waals surface area contributed by atoms with Gasteiger partial charge >= 0.3 is 0 Å². The fraction of sp³-hybridized carbons (Fsp3) is 0. The number of aromatic nitrogens is 1. The highest BCUT2D eigenvalue weighted by Crippen LogP contribution is 2.46. The molecule has 1 nitrogen and oxygen atoms in total. The summed E-state index contributed by atoms with van der Waals surface area (Å²) in [5.74, 6) is 0. The lowest BCUT2D eigenvalue weighted by molar-refractivity contribution is 1.18. The van der Waals surface area contributed by atoms with Crippen molar-refractivity contribution in [2.75, 3.05) is 0 Å². The second-order valence-corrected chi connectivity index (χ2v) is 13.3. The molecule has 0 radical (unpaired) electrons. The lowest BCUT2D eigenvalue weighted by Crippen LogP contribution is -1.94. The summed E-state index contributed by atoms with van der Waals surface area (Å²) in [5, 5.41) is 7.52. The average molecular weight is 648 g/mol. The molecule has 1 heterocycles. The van der Waals surface area contributed by atoms with Gasteiger partial charge in [-0.15, -0.1) is 0 Å². The Kier molecular flexibility index (Phi) is 6.89. The van der Waals surface area contributed by atoms with Crippen LogP contribution in [0.4, 0.5) is 0 Å². The number of hydrogen-bond acceptors (Lipinski definition) is 0. The van der Waals surface area contributed by atoms with Gasteiger partial charge in [0.25, 0.3) is 0 Å². The normalized spacial score (nSPS) is 11.5. The first kappa shape index (κ1) is 29.2. The monoisotopic (exact) mass is 647 g/mol. The molecule has 0 bridgehead atoms. The van der Waals surface area contributed by atoms with E-state index in [2.05, 4.69) is 205 Å². The van der Waals surface area contributed by atoms with E-state index in [0.717, 1.165) is 0 Å². The van der Waals surface area contributed by atoms with Crippen molar-refractivity contribution < 1.29 is 0 Å². The molecule has 0 spiro atoms. The summed E-state index contributed by atoms with van der Waals surface area (Å²) in [6.45, 7) is 0. The summed E-state index contributed by atoms with van der Waals surface area (Å²) in [7, 11) is 0. The number of benzene rings is 9. The van der Waals surface area contributed by atoms with E-state index in [4.69, 9.17) is 0 Å². The van der Waals surface area contributed by atoms with Crippen LogP contribution in [-0.2, 0) is 0 Å². The van der Waals surface area contributed by atoms with E-state index in [1.807, 2.05) is 0 Å². The van der Waals surface area contributed by atoms with Crippen molar-refractivity contribution in [3.63, 3.8) is 0 Å². The molecule has 0 amide bonds. The zero-order valence-corrected chi connectivity index (χ0v) is 28.0. The van der Waals surface area contributed by atoms with E-state index in [9.17, 15) is 0 Å². The Morgan fingerprint density at radius 2 is 0.647 bits per heavy atom. The van der Waals surface area contributed by atoms with Crippen LogP contribution in [0.1, 0.15) is 0 Å². The summed E-state index contributed by atoms with van der Waals surface area (Å²) in [6, 6.07) is 73.0. The van der Waals surface area contributed by atoms with Crippen LogP contribution < -0.4 is 0 Å². The quantitative estimate of drug-likeness (QED) is 0.164. The fourth-order valence-electron chi connectivity index (χ4n) is 8.10. The molecule has 10 rings (SSSR count). The summed E-state index contributed by atoms with van der Waals surface area (Å²) in [6.07, 6.45) is 0. The summed E-state index contributed by atoms with van der Waals surface area (Å²) in [4.78, 5) is 0. The van der Waals surface area contributed by atoms with Crippen LogP contribution in [0.2, 0.25) is 0 Å². The minimum Gasteiger partial charge on any atom is -0.309 e. The standard InChI is InChI=1S/C50H33N/c1-4-16-34(17-5-1)37-30-38(35-18-6-2-7-19-35)32-39(31-37)50-45-25-12-10-23-43(45)49(44-24-11-13-26-46(44)50)36-28-29-42-41-22-14-15-27-47(41)51(48(42)33-36)40-20-8-3-9-21-40/h1-33H. The first-order chi connectivity index (χ1) is 25.3. The second-order valence-electron chi connectivity index (χ2n) is 13.3. The zero-order chi connectivity index (χ0) is 33.7. The van der Waals surface area contributed by atoms with Crippen LogP contribution in [0, 0.1) is 0 Å². The molecule has 1 aromatic heterocycles. The van der Waals surface area contributed by atoms with E-state index < -0.39 is 0 Å². The number of rotatable bonds is 5. The lowest BCUT2D eigenvalue weighted by atomic mass is 9.84.